The van der Waals surface area contributed by atoms with E-state index in [1.165, 1.54) is 12.5 Å². The third-order valence-corrected chi connectivity index (χ3v) is 4.62. The average molecular weight is 299 g/mol. The standard InChI is InChI=1S/C15H20F3N3/c16-15(17,18)12-5-4-6-13(20-12)21-10-9-19-11-14(21)7-2-1-3-8-14/h4-6,19H,1-3,7-11H2. The molecule has 3 rings (SSSR count). The maximum absolute atomic E-state index is 12.9. The Bertz CT molecular complexity index is 487. The molecule has 0 unspecified atom stereocenters. The highest BCUT2D eigenvalue weighted by Crippen LogP contribution is 2.38. The normalized spacial score (nSPS) is 22.5. The lowest BCUT2D eigenvalue weighted by molar-refractivity contribution is -0.141. The lowest BCUT2D eigenvalue weighted by Crippen LogP contribution is -2.62. The molecule has 1 aliphatic carbocycles. The number of hydrogen-bond acceptors (Lipinski definition) is 3. The second-order valence-corrected chi connectivity index (χ2v) is 5.99. The van der Waals surface area contributed by atoms with Crippen molar-refractivity contribution >= 4 is 5.82 Å². The van der Waals surface area contributed by atoms with Crippen molar-refractivity contribution in [3.05, 3.63) is 23.9 Å². The van der Waals surface area contributed by atoms with Gasteiger partial charge in [0.05, 0.1) is 5.54 Å². The van der Waals surface area contributed by atoms with Crippen molar-refractivity contribution in [1.82, 2.24) is 10.3 Å². The van der Waals surface area contributed by atoms with Crippen molar-refractivity contribution in [2.45, 2.75) is 43.8 Å². The molecule has 1 N–H and O–H groups in total. The van der Waals surface area contributed by atoms with E-state index < -0.39 is 11.9 Å². The number of hydrogen-bond donors (Lipinski definition) is 1. The Labute approximate surface area is 122 Å². The highest BCUT2D eigenvalue weighted by atomic mass is 19.4. The average Bonchev–Trinajstić information content (AvgIpc) is 2.48. The van der Waals surface area contributed by atoms with Crippen LogP contribution >= 0.6 is 0 Å². The van der Waals surface area contributed by atoms with Gasteiger partial charge in [0.1, 0.15) is 11.5 Å². The summed E-state index contributed by atoms with van der Waals surface area (Å²) in [5, 5.41) is 3.40. The molecule has 0 amide bonds. The lowest BCUT2D eigenvalue weighted by Gasteiger charge is -2.50. The van der Waals surface area contributed by atoms with Gasteiger partial charge in [0, 0.05) is 19.6 Å². The quantitative estimate of drug-likeness (QED) is 0.863. The highest BCUT2D eigenvalue weighted by molar-refractivity contribution is 5.44. The maximum Gasteiger partial charge on any atom is 0.433 e. The Morgan fingerprint density at radius 2 is 1.90 bits per heavy atom. The molecule has 2 heterocycles. The minimum absolute atomic E-state index is 0.0618. The van der Waals surface area contributed by atoms with Crippen molar-refractivity contribution in [3.63, 3.8) is 0 Å². The van der Waals surface area contributed by atoms with E-state index in [4.69, 9.17) is 0 Å². The number of anilines is 1. The first-order chi connectivity index (χ1) is 10.0. The molecule has 2 fully saturated rings. The van der Waals surface area contributed by atoms with E-state index in [9.17, 15) is 13.2 Å². The van der Waals surface area contributed by atoms with Crippen LogP contribution in [0.3, 0.4) is 0 Å². The molecule has 1 saturated heterocycles. The maximum atomic E-state index is 12.9. The van der Waals surface area contributed by atoms with Crippen LogP contribution in [-0.2, 0) is 6.18 Å². The van der Waals surface area contributed by atoms with Gasteiger partial charge in [0.25, 0.3) is 0 Å². The second kappa shape index (κ2) is 5.48. The summed E-state index contributed by atoms with van der Waals surface area (Å²) in [5.41, 5.74) is -0.863. The van der Waals surface area contributed by atoms with Gasteiger partial charge in [-0.15, -0.1) is 0 Å². The number of aromatic nitrogens is 1. The Morgan fingerprint density at radius 1 is 1.14 bits per heavy atom. The fourth-order valence-electron chi connectivity index (χ4n) is 3.59. The van der Waals surface area contributed by atoms with Gasteiger partial charge in [0.15, 0.2) is 0 Å². The van der Waals surface area contributed by atoms with Crippen LogP contribution in [0.25, 0.3) is 0 Å². The monoisotopic (exact) mass is 299 g/mol. The molecule has 0 aromatic carbocycles. The van der Waals surface area contributed by atoms with Crippen molar-refractivity contribution in [1.29, 1.82) is 0 Å². The van der Waals surface area contributed by atoms with Gasteiger partial charge in [-0.25, -0.2) is 4.98 Å². The van der Waals surface area contributed by atoms with Crippen LogP contribution in [0.5, 0.6) is 0 Å². The number of piperazine rings is 1. The molecular weight excluding hydrogens is 279 g/mol. The summed E-state index contributed by atoms with van der Waals surface area (Å²) >= 11 is 0. The number of halogens is 3. The number of nitrogens with one attached hydrogen (secondary N) is 1. The molecule has 21 heavy (non-hydrogen) atoms. The topological polar surface area (TPSA) is 28.2 Å². The zero-order valence-corrected chi connectivity index (χ0v) is 11.9. The van der Waals surface area contributed by atoms with Crippen molar-refractivity contribution in [2.24, 2.45) is 0 Å². The summed E-state index contributed by atoms with van der Waals surface area (Å²) in [5.74, 6) is 0.466. The van der Waals surface area contributed by atoms with Gasteiger partial charge in [-0.05, 0) is 25.0 Å². The number of alkyl halides is 3. The van der Waals surface area contributed by atoms with Crippen molar-refractivity contribution in [3.8, 4) is 0 Å². The van der Waals surface area contributed by atoms with E-state index in [-0.39, 0.29) is 5.54 Å². The third-order valence-electron chi connectivity index (χ3n) is 4.62. The SMILES string of the molecule is FC(F)(F)c1cccc(N2CCNCC23CCCCC3)n1. The van der Waals surface area contributed by atoms with E-state index in [1.807, 2.05) is 0 Å². The molecule has 1 saturated carbocycles. The molecule has 0 bridgehead atoms. The summed E-state index contributed by atoms with van der Waals surface area (Å²) in [6.45, 7) is 2.35. The molecular formula is C15H20F3N3. The van der Waals surface area contributed by atoms with E-state index in [1.54, 1.807) is 6.07 Å². The van der Waals surface area contributed by atoms with Crippen molar-refractivity contribution < 1.29 is 13.2 Å². The molecule has 116 valence electrons. The first-order valence-corrected chi connectivity index (χ1v) is 7.54. The largest absolute Gasteiger partial charge is 0.433 e. The zero-order valence-electron chi connectivity index (χ0n) is 11.9. The molecule has 1 aromatic rings. The van der Waals surface area contributed by atoms with Gasteiger partial charge >= 0.3 is 6.18 Å². The van der Waals surface area contributed by atoms with Crippen LogP contribution in [0.2, 0.25) is 0 Å². The molecule has 1 aliphatic heterocycles. The first-order valence-electron chi connectivity index (χ1n) is 7.54. The van der Waals surface area contributed by atoms with Crippen LogP contribution < -0.4 is 10.2 Å². The Morgan fingerprint density at radius 3 is 2.62 bits per heavy atom. The number of nitrogens with zero attached hydrogens (tertiary/aromatic N) is 2. The molecule has 0 atom stereocenters. The van der Waals surface area contributed by atoms with Crippen LogP contribution in [0, 0.1) is 0 Å². The fraction of sp³-hybridized carbons (Fsp3) is 0.667. The lowest BCUT2D eigenvalue weighted by atomic mass is 9.79. The van der Waals surface area contributed by atoms with Crippen molar-refractivity contribution in [2.75, 3.05) is 24.5 Å². The smallest absolute Gasteiger partial charge is 0.348 e. The summed E-state index contributed by atoms with van der Waals surface area (Å²) in [7, 11) is 0. The van der Waals surface area contributed by atoms with Crippen LogP contribution in [0.1, 0.15) is 37.8 Å². The minimum atomic E-state index is -4.39. The van der Waals surface area contributed by atoms with Crippen LogP contribution in [-0.4, -0.2) is 30.2 Å². The van der Waals surface area contributed by atoms with Gasteiger partial charge in [-0.3, -0.25) is 0 Å². The summed E-state index contributed by atoms with van der Waals surface area (Å²) < 4.78 is 38.6. The Kier molecular flexibility index (Phi) is 3.82. The van der Waals surface area contributed by atoms with E-state index >= 15 is 0 Å². The molecule has 1 aromatic heterocycles. The molecule has 0 radical (unpaired) electrons. The first kappa shape index (κ1) is 14.6. The number of pyridine rings is 1. The Hall–Kier alpha value is -1.30. The van der Waals surface area contributed by atoms with Gasteiger partial charge < -0.3 is 10.2 Å². The van der Waals surface area contributed by atoms with Gasteiger partial charge in [-0.1, -0.05) is 25.3 Å². The summed E-state index contributed by atoms with van der Waals surface area (Å²) in [4.78, 5) is 6.00. The third kappa shape index (κ3) is 2.86. The van der Waals surface area contributed by atoms with Crippen LogP contribution in [0.15, 0.2) is 18.2 Å². The van der Waals surface area contributed by atoms with E-state index in [2.05, 4.69) is 15.2 Å². The van der Waals surface area contributed by atoms with Gasteiger partial charge in [-0.2, -0.15) is 13.2 Å². The highest BCUT2D eigenvalue weighted by Gasteiger charge is 2.41. The van der Waals surface area contributed by atoms with Crippen LogP contribution in [0.4, 0.5) is 19.0 Å². The number of rotatable bonds is 1. The molecule has 6 heteroatoms. The molecule has 1 spiro atoms. The predicted octanol–water partition coefficient (Wildman–Crippen LogP) is 3.21. The summed E-state index contributed by atoms with van der Waals surface area (Å²) in [6.07, 6.45) is 1.15. The molecule has 2 aliphatic rings. The molecule has 3 nitrogen and oxygen atoms in total. The van der Waals surface area contributed by atoms with Gasteiger partial charge in [0.2, 0.25) is 0 Å². The second-order valence-electron chi connectivity index (χ2n) is 5.99. The Balaban J connectivity index is 1.93. The summed E-state index contributed by atoms with van der Waals surface area (Å²) in [6, 6.07) is 4.21. The van der Waals surface area contributed by atoms with E-state index in [0.29, 0.717) is 12.4 Å². The van der Waals surface area contributed by atoms with E-state index in [0.717, 1.165) is 44.8 Å². The fourth-order valence-corrected chi connectivity index (χ4v) is 3.59. The predicted molar refractivity (Wildman–Crippen MR) is 75.3 cm³/mol. The minimum Gasteiger partial charge on any atom is -0.348 e. The zero-order chi connectivity index (χ0) is 14.9.